The molecule has 4 rings (SSSR count). The van der Waals surface area contributed by atoms with Gasteiger partial charge in [-0.3, -0.25) is 4.79 Å². The lowest BCUT2D eigenvalue weighted by Crippen LogP contribution is -2.33. The second kappa shape index (κ2) is 7.37. The first-order valence-corrected chi connectivity index (χ1v) is 9.27. The molecule has 3 aromatic rings. The molecule has 0 radical (unpaired) electrons. The Labute approximate surface area is 161 Å². The second-order valence-corrected chi connectivity index (χ2v) is 7.23. The molecule has 146 valence electrons. The van der Waals surface area contributed by atoms with Crippen LogP contribution in [0.5, 0.6) is 5.75 Å². The molecule has 0 amide bonds. The zero-order valence-corrected chi connectivity index (χ0v) is 15.7. The van der Waals surface area contributed by atoms with Crippen molar-refractivity contribution in [2.24, 2.45) is 7.05 Å². The van der Waals surface area contributed by atoms with Crippen LogP contribution in [-0.2, 0) is 24.0 Å². The summed E-state index contributed by atoms with van der Waals surface area (Å²) in [5, 5.41) is 11.7. The number of ether oxygens (including phenoxy) is 2. The number of aryl methyl sites for hydroxylation is 1. The van der Waals surface area contributed by atoms with Crippen LogP contribution >= 0.6 is 0 Å². The monoisotopic (exact) mass is 383 g/mol. The van der Waals surface area contributed by atoms with Gasteiger partial charge in [-0.1, -0.05) is 6.07 Å². The van der Waals surface area contributed by atoms with Crippen molar-refractivity contribution in [3.63, 3.8) is 0 Å². The summed E-state index contributed by atoms with van der Waals surface area (Å²) in [6.45, 7) is 1.15. The lowest BCUT2D eigenvalue weighted by molar-refractivity contribution is -0.0681. The van der Waals surface area contributed by atoms with Crippen LogP contribution in [-0.4, -0.2) is 22.9 Å². The first kappa shape index (κ1) is 18.7. The highest BCUT2D eigenvalue weighted by Crippen LogP contribution is 2.34. The van der Waals surface area contributed by atoms with E-state index in [1.165, 1.54) is 18.2 Å². The first-order chi connectivity index (χ1) is 13.4. The maximum atomic E-state index is 14.1. The van der Waals surface area contributed by atoms with E-state index in [0.29, 0.717) is 37.4 Å². The highest BCUT2D eigenvalue weighted by atomic mass is 19.1. The number of aromatic nitrogens is 1. The van der Waals surface area contributed by atoms with Crippen LogP contribution in [0.25, 0.3) is 10.9 Å². The van der Waals surface area contributed by atoms with E-state index in [-0.39, 0.29) is 12.2 Å². The van der Waals surface area contributed by atoms with Gasteiger partial charge >= 0.3 is 0 Å². The Morgan fingerprint density at radius 3 is 2.71 bits per heavy atom. The fourth-order valence-electron chi connectivity index (χ4n) is 3.60. The van der Waals surface area contributed by atoms with Crippen LogP contribution < -0.4 is 10.3 Å². The smallest absolute Gasteiger partial charge is 0.250 e. The quantitative estimate of drug-likeness (QED) is 0.751. The van der Waals surface area contributed by atoms with E-state index in [2.05, 4.69) is 0 Å². The molecule has 5 nitrogen and oxygen atoms in total. The van der Waals surface area contributed by atoms with Crippen molar-refractivity contribution >= 4 is 10.9 Å². The molecule has 6 heteroatoms. The van der Waals surface area contributed by atoms with E-state index in [4.69, 9.17) is 9.47 Å². The third-order valence-electron chi connectivity index (χ3n) is 5.32. The largest absolute Gasteiger partial charge is 0.489 e. The number of rotatable bonds is 4. The van der Waals surface area contributed by atoms with Crippen molar-refractivity contribution in [1.29, 1.82) is 0 Å². The van der Waals surface area contributed by atoms with Crippen molar-refractivity contribution in [1.82, 2.24) is 4.57 Å². The number of hydrogen-bond donors (Lipinski definition) is 1. The molecule has 1 aromatic heterocycles. The van der Waals surface area contributed by atoms with Crippen LogP contribution in [0.1, 0.15) is 24.0 Å². The number of pyridine rings is 1. The van der Waals surface area contributed by atoms with Crippen LogP contribution in [0.4, 0.5) is 4.39 Å². The van der Waals surface area contributed by atoms with E-state index in [1.807, 2.05) is 18.2 Å². The molecular formula is C22H22FNO4. The van der Waals surface area contributed by atoms with E-state index in [1.54, 1.807) is 23.7 Å². The SMILES string of the molecule is Cn1c(=O)ccc2cc(COc3cc(F)cc(C4(O)CCOCC4)c3)ccc21. The van der Waals surface area contributed by atoms with Gasteiger partial charge in [-0.25, -0.2) is 4.39 Å². The predicted molar refractivity (Wildman–Crippen MR) is 104 cm³/mol. The molecule has 0 bridgehead atoms. The highest BCUT2D eigenvalue weighted by Gasteiger charge is 2.32. The van der Waals surface area contributed by atoms with E-state index >= 15 is 0 Å². The van der Waals surface area contributed by atoms with Gasteiger partial charge in [-0.05, 0) is 46.8 Å². The zero-order chi connectivity index (χ0) is 19.7. The molecule has 0 spiro atoms. The second-order valence-electron chi connectivity index (χ2n) is 7.23. The van der Waals surface area contributed by atoms with Crippen molar-refractivity contribution in [3.05, 3.63) is 75.8 Å². The van der Waals surface area contributed by atoms with Crippen molar-refractivity contribution < 1.29 is 19.0 Å². The highest BCUT2D eigenvalue weighted by molar-refractivity contribution is 5.79. The topological polar surface area (TPSA) is 60.7 Å². The summed E-state index contributed by atoms with van der Waals surface area (Å²) in [5.41, 5.74) is 1.11. The zero-order valence-electron chi connectivity index (χ0n) is 15.7. The summed E-state index contributed by atoms with van der Waals surface area (Å²) in [5.74, 6) is -0.0728. The summed E-state index contributed by atoms with van der Waals surface area (Å²) >= 11 is 0. The molecular weight excluding hydrogens is 361 g/mol. The van der Waals surface area contributed by atoms with Gasteiger partial charge in [0.25, 0.3) is 5.56 Å². The molecule has 1 N–H and O–H groups in total. The average Bonchev–Trinajstić information content (AvgIpc) is 2.69. The Bertz CT molecular complexity index is 1070. The minimum atomic E-state index is -1.09. The molecule has 0 unspecified atom stereocenters. The van der Waals surface area contributed by atoms with Crippen LogP contribution in [0.3, 0.4) is 0 Å². The molecule has 0 atom stereocenters. The molecule has 0 aliphatic carbocycles. The number of nitrogens with zero attached hydrogens (tertiary/aromatic N) is 1. The minimum absolute atomic E-state index is 0.0603. The number of aliphatic hydroxyl groups is 1. The fourth-order valence-corrected chi connectivity index (χ4v) is 3.60. The molecule has 1 aliphatic heterocycles. The molecule has 0 saturated carbocycles. The van der Waals surface area contributed by atoms with Crippen LogP contribution in [0, 0.1) is 5.82 Å². The Morgan fingerprint density at radius 1 is 1.14 bits per heavy atom. The minimum Gasteiger partial charge on any atom is -0.489 e. The number of halogens is 1. The van der Waals surface area contributed by atoms with Crippen molar-refractivity contribution in [2.45, 2.75) is 25.0 Å². The normalized spacial score (nSPS) is 16.2. The average molecular weight is 383 g/mol. The first-order valence-electron chi connectivity index (χ1n) is 9.27. The van der Waals surface area contributed by atoms with Gasteiger partial charge in [-0.15, -0.1) is 0 Å². The van der Waals surface area contributed by atoms with Crippen molar-refractivity contribution in [2.75, 3.05) is 13.2 Å². The third-order valence-corrected chi connectivity index (χ3v) is 5.32. The Balaban J connectivity index is 1.56. The van der Waals surface area contributed by atoms with Gasteiger partial charge in [-0.2, -0.15) is 0 Å². The standard InChI is InChI=1S/C22H22FNO4/c1-24-20-4-2-15(10-16(20)3-5-21(24)25)14-28-19-12-17(11-18(23)13-19)22(26)6-8-27-9-7-22/h2-5,10-13,26H,6-9,14H2,1H3. The molecule has 28 heavy (non-hydrogen) atoms. The number of fused-ring (bicyclic) bond motifs is 1. The Hall–Kier alpha value is -2.70. The summed E-state index contributed by atoms with van der Waals surface area (Å²) in [6, 6.07) is 13.4. The molecule has 2 heterocycles. The van der Waals surface area contributed by atoms with E-state index in [9.17, 15) is 14.3 Å². The maximum absolute atomic E-state index is 14.1. The maximum Gasteiger partial charge on any atom is 0.250 e. The summed E-state index contributed by atoms with van der Waals surface area (Å²) in [4.78, 5) is 11.7. The van der Waals surface area contributed by atoms with Crippen LogP contribution in [0.2, 0.25) is 0 Å². The third kappa shape index (κ3) is 3.66. The lowest BCUT2D eigenvalue weighted by Gasteiger charge is -2.32. The van der Waals surface area contributed by atoms with Gasteiger partial charge in [0, 0.05) is 45.2 Å². The van der Waals surface area contributed by atoms with Gasteiger partial charge < -0.3 is 19.1 Å². The summed E-state index contributed by atoms with van der Waals surface area (Å²) in [7, 11) is 1.73. The van der Waals surface area contributed by atoms with Gasteiger partial charge in [0.15, 0.2) is 0 Å². The van der Waals surface area contributed by atoms with E-state index < -0.39 is 11.4 Å². The van der Waals surface area contributed by atoms with Gasteiger partial charge in [0.2, 0.25) is 0 Å². The van der Waals surface area contributed by atoms with E-state index in [0.717, 1.165) is 16.5 Å². The van der Waals surface area contributed by atoms with Gasteiger partial charge in [0.05, 0.1) is 11.1 Å². The number of benzene rings is 2. The molecule has 1 saturated heterocycles. The van der Waals surface area contributed by atoms with Gasteiger partial charge in [0.1, 0.15) is 18.2 Å². The summed E-state index contributed by atoms with van der Waals surface area (Å²) < 4.78 is 26.8. The Morgan fingerprint density at radius 2 is 1.93 bits per heavy atom. The number of hydrogen-bond acceptors (Lipinski definition) is 4. The Kier molecular flexibility index (Phi) is 4.91. The van der Waals surface area contributed by atoms with Crippen molar-refractivity contribution in [3.8, 4) is 5.75 Å². The predicted octanol–water partition coefficient (Wildman–Crippen LogP) is 3.25. The lowest BCUT2D eigenvalue weighted by atomic mass is 9.86. The van der Waals surface area contributed by atoms with Crippen LogP contribution in [0.15, 0.2) is 53.3 Å². The molecule has 1 fully saturated rings. The molecule has 1 aliphatic rings. The fraction of sp³-hybridized carbons (Fsp3) is 0.318. The summed E-state index contributed by atoms with van der Waals surface area (Å²) in [6.07, 6.45) is 0.860. The molecule has 2 aromatic carbocycles.